The van der Waals surface area contributed by atoms with E-state index in [1.54, 1.807) is 0 Å². The van der Waals surface area contributed by atoms with Crippen molar-refractivity contribution in [1.82, 2.24) is 9.97 Å². The van der Waals surface area contributed by atoms with E-state index >= 15 is 0 Å². The van der Waals surface area contributed by atoms with Crippen LogP contribution in [0.15, 0.2) is 12.4 Å². The SMILES string of the molecule is CC(Cc1ncc[nH]1)CC(C)(C)C. The number of H-pyrrole nitrogens is 1. The Bertz CT molecular complexity index is 231. The highest BCUT2D eigenvalue weighted by Gasteiger charge is 2.15. The molecule has 1 heterocycles. The van der Waals surface area contributed by atoms with Crippen molar-refractivity contribution in [2.75, 3.05) is 0 Å². The predicted molar refractivity (Wildman–Crippen MR) is 55.5 cm³/mol. The number of nitrogens with one attached hydrogen (secondary N) is 1. The predicted octanol–water partition coefficient (Wildman–Crippen LogP) is 3.02. The minimum Gasteiger partial charge on any atom is -0.349 e. The smallest absolute Gasteiger partial charge is 0.106 e. The van der Waals surface area contributed by atoms with Crippen LogP contribution in [0.25, 0.3) is 0 Å². The largest absolute Gasteiger partial charge is 0.349 e. The molecule has 74 valence electrons. The van der Waals surface area contributed by atoms with Crippen LogP contribution in [-0.2, 0) is 6.42 Å². The summed E-state index contributed by atoms with van der Waals surface area (Å²) in [4.78, 5) is 7.37. The Hall–Kier alpha value is -0.790. The number of hydrogen-bond acceptors (Lipinski definition) is 1. The molecule has 0 fully saturated rings. The Morgan fingerprint density at radius 1 is 1.46 bits per heavy atom. The Morgan fingerprint density at radius 2 is 2.15 bits per heavy atom. The lowest BCUT2D eigenvalue weighted by Crippen LogP contribution is -2.13. The molecule has 0 bridgehead atoms. The standard InChI is InChI=1S/C11H20N2/c1-9(8-11(2,3)4)7-10-12-5-6-13-10/h5-6,9H,7-8H2,1-4H3,(H,12,13). The summed E-state index contributed by atoms with van der Waals surface area (Å²) in [6.45, 7) is 9.14. The summed E-state index contributed by atoms with van der Waals surface area (Å²) in [5.41, 5.74) is 0.423. The van der Waals surface area contributed by atoms with Crippen LogP contribution >= 0.6 is 0 Å². The molecule has 0 amide bonds. The van der Waals surface area contributed by atoms with Crippen LogP contribution in [0, 0.1) is 11.3 Å². The second-order valence-corrected chi connectivity index (χ2v) is 5.11. The number of aromatic amines is 1. The van der Waals surface area contributed by atoms with E-state index in [-0.39, 0.29) is 0 Å². The maximum Gasteiger partial charge on any atom is 0.106 e. The van der Waals surface area contributed by atoms with Crippen LogP contribution < -0.4 is 0 Å². The average molecular weight is 180 g/mol. The molecule has 0 radical (unpaired) electrons. The van der Waals surface area contributed by atoms with Gasteiger partial charge in [0.2, 0.25) is 0 Å². The van der Waals surface area contributed by atoms with Crippen molar-refractivity contribution in [1.29, 1.82) is 0 Å². The molecule has 0 spiro atoms. The molecule has 1 atom stereocenters. The summed E-state index contributed by atoms with van der Waals surface area (Å²) in [5.74, 6) is 1.81. The van der Waals surface area contributed by atoms with Gasteiger partial charge in [-0.15, -0.1) is 0 Å². The van der Waals surface area contributed by atoms with Crippen molar-refractivity contribution in [3.05, 3.63) is 18.2 Å². The van der Waals surface area contributed by atoms with Gasteiger partial charge in [0, 0.05) is 18.8 Å². The topological polar surface area (TPSA) is 28.7 Å². The Morgan fingerprint density at radius 3 is 2.62 bits per heavy atom. The van der Waals surface area contributed by atoms with Crippen molar-refractivity contribution in [3.8, 4) is 0 Å². The molecule has 1 unspecified atom stereocenters. The summed E-state index contributed by atoms with van der Waals surface area (Å²) in [6, 6.07) is 0. The molecule has 0 aliphatic rings. The third-order valence-electron chi connectivity index (χ3n) is 2.06. The molecule has 0 saturated carbocycles. The van der Waals surface area contributed by atoms with E-state index in [0.717, 1.165) is 12.2 Å². The van der Waals surface area contributed by atoms with Crippen molar-refractivity contribution in [3.63, 3.8) is 0 Å². The fraction of sp³-hybridized carbons (Fsp3) is 0.727. The normalized spacial score (nSPS) is 14.5. The molecule has 2 nitrogen and oxygen atoms in total. The minimum atomic E-state index is 0.423. The van der Waals surface area contributed by atoms with Gasteiger partial charge in [-0.25, -0.2) is 4.98 Å². The Kier molecular flexibility index (Phi) is 3.12. The van der Waals surface area contributed by atoms with E-state index in [1.807, 2.05) is 12.4 Å². The van der Waals surface area contributed by atoms with Gasteiger partial charge in [-0.05, 0) is 17.8 Å². The third kappa shape index (κ3) is 4.11. The average Bonchev–Trinajstić information content (AvgIpc) is 2.34. The molecule has 0 saturated heterocycles. The molecule has 0 aliphatic carbocycles. The van der Waals surface area contributed by atoms with E-state index < -0.39 is 0 Å². The summed E-state index contributed by atoms with van der Waals surface area (Å²) < 4.78 is 0. The first-order valence-electron chi connectivity index (χ1n) is 4.95. The fourth-order valence-electron chi connectivity index (χ4n) is 1.86. The summed E-state index contributed by atoms with van der Waals surface area (Å²) >= 11 is 0. The van der Waals surface area contributed by atoms with Crippen molar-refractivity contribution in [2.45, 2.75) is 40.5 Å². The van der Waals surface area contributed by atoms with Gasteiger partial charge in [0.05, 0.1) is 0 Å². The molecule has 0 aromatic carbocycles. The second kappa shape index (κ2) is 3.95. The van der Waals surface area contributed by atoms with Gasteiger partial charge in [-0.1, -0.05) is 27.7 Å². The monoisotopic (exact) mass is 180 g/mol. The molecule has 2 heteroatoms. The van der Waals surface area contributed by atoms with E-state index in [4.69, 9.17) is 0 Å². The van der Waals surface area contributed by atoms with Crippen LogP contribution in [-0.4, -0.2) is 9.97 Å². The highest BCUT2D eigenvalue weighted by molar-refractivity contribution is 4.88. The van der Waals surface area contributed by atoms with Crippen LogP contribution in [0.3, 0.4) is 0 Å². The van der Waals surface area contributed by atoms with Crippen molar-refractivity contribution in [2.24, 2.45) is 11.3 Å². The lowest BCUT2D eigenvalue weighted by molar-refractivity contribution is 0.304. The number of rotatable bonds is 3. The van der Waals surface area contributed by atoms with Crippen LogP contribution in [0.2, 0.25) is 0 Å². The maximum atomic E-state index is 4.23. The van der Waals surface area contributed by atoms with E-state index in [9.17, 15) is 0 Å². The highest BCUT2D eigenvalue weighted by atomic mass is 14.9. The molecular formula is C11H20N2. The molecular weight excluding hydrogens is 160 g/mol. The zero-order valence-corrected chi connectivity index (χ0v) is 9.09. The fourth-order valence-corrected chi connectivity index (χ4v) is 1.86. The lowest BCUT2D eigenvalue weighted by Gasteiger charge is -2.22. The number of nitrogens with zero attached hydrogens (tertiary/aromatic N) is 1. The number of hydrogen-bond donors (Lipinski definition) is 1. The first-order chi connectivity index (χ1) is 5.97. The molecule has 1 rings (SSSR count). The molecule has 13 heavy (non-hydrogen) atoms. The van der Waals surface area contributed by atoms with Crippen LogP contribution in [0.4, 0.5) is 0 Å². The third-order valence-corrected chi connectivity index (χ3v) is 2.06. The van der Waals surface area contributed by atoms with Gasteiger partial charge in [-0.2, -0.15) is 0 Å². The number of imidazole rings is 1. The van der Waals surface area contributed by atoms with E-state index in [0.29, 0.717) is 11.3 Å². The minimum absolute atomic E-state index is 0.423. The summed E-state index contributed by atoms with van der Waals surface area (Å²) in [5, 5.41) is 0. The van der Waals surface area contributed by atoms with Crippen molar-refractivity contribution >= 4 is 0 Å². The van der Waals surface area contributed by atoms with Gasteiger partial charge in [0.15, 0.2) is 0 Å². The zero-order valence-electron chi connectivity index (χ0n) is 9.09. The van der Waals surface area contributed by atoms with Gasteiger partial charge in [0.25, 0.3) is 0 Å². The Labute approximate surface area is 80.8 Å². The highest BCUT2D eigenvalue weighted by Crippen LogP contribution is 2.25. The first kappa shape index (κ1) is 10.3. The first-order valence-corrected chi connectivity index (χ1v) is 4.95. The summed E-state index contributed by atoms with van der Waals surface area (Å²) in [6.07, 6.45) is 6.01. The molecule has 0 aliphatic heterocycles. The van der Waals surface area contributed by atoms with Gasteiger partial charge >= 0.3 is 0 Å². The van der Waals surface area contributed by atoms with Gasteiger partial charge < -0.3 is 4.98 Å². The Balaban J connectivity index is 2.38. The quantitative estimate of drug-likeness (QED) is 0.761. The second-order valence-electron chi connectivity index (χ2n) is 5.11. The maximum absolute atomic E-state index is 4.23. The van der Waals surface area contributed by atoms with Gasteiger partial charge in [0.1, 0.15) is 5.82 Å². The molecule has 1 aromatic heterocycles. The van der Waals surface area contributed by atoms with E-state index in [1.165, 1.54) is 6.42 Å². The van der Waals surface area contributed by atoms with Crippen molar-refractivity contribution < 1.29 is 0 Å². The zero-order chi connectivity index (χ0) is 9.90. The lowest BCUT2D eigenvalue weighted by atomic mass is 9.84. The van der Waals surface area contributed by atoms with Crippen LogP contribution in [0.5, 0.6) is 0 Å². The van der Waals surface area contributed by atoms with Gasteiger partial charge in [-0.3, -0.25) is 0 Å². The van der Waals surface area contributed by atoms with E-state index in [2.05, 4.69) is 37.7 Å². The molecule has 1 N–H and O–H groups in total. The van der Waals surface area contributed by atoms with Crippen LogP contribution in [0.1, 0.15) is 39.9 Å². The number of aromatic nitrogens is 2. The summed E-state index contributed by atoms with van der Waals surface area (Å²) in [7, 11) is 0. The molecule has 1 aromatic rings.